The molecule has 1 saturated carbocycles. The molecule has 5 N–H and O–H groups in total. The third-order valence-electron chi connectivity index (χ3n) is 5.56. The third-order valence-corrected chi connectivity index (χ3v) is 5.56. The molecule has 194 valence electrons. The van der Waals surface area contributed by atoms with Gasteiger partial charge in [0.05, 0.1) is 0 Å². The molecule has 1 aromatic rings. The molecule has 0 radical (unpaired) electrons. The summed E-state index contributed by atoms with van der Waals surface area (Å²) in [7, 11) is 0. The van der Waals surface area contributed by atoms with Crippen LogP contribution in [0.5, 0.6) is 5.75 Å². The maximum Gasteiger partial charge on any atom is 0.408 e. The minimum atomic E-state index is -1.12. The first-order chi connectivity index (χ1) is 16.3. The predicted octanol–water partition coefficient (Wildman–Crippen LogP) is 2.50. The van der Waals surface area contributed by atoms with Crippen molar-refractivity contribution in [2.24, 2.45) is 5.73 Å². The summed E-state index contributed by atoms with van der Waals surface area (Å²) >= 11 is 0. The summed E-state index contributed by atoms with van der Waals surface area (Å²) in [5.74, 6) is -1.46. The molecule has 0 aromatic heterocycles. The second kappa shape index (κ2) is 11.9. The Morgan fingerprint density at radius 2 is 1.71 bits per heavy atom. The number of rotatable bonds is 10. The molecule has 2 unspecified atom stereocenters. The summed E-state index contributed by atoms with van der Waals surface area (Å²) < 4.78 is 5.32. The molecule has 10 heteroatoms. The lowest BCUT2D eigenvalue weighted by atomic mass is 9.87. The fourth-order valence-electron chi connectivity index (χ4n) is 3.81. The molecule has 0 bridgehead atoms. The van der Waals surface area contributed by atoms with Crippen molar-refractivity contribution in [3.8, 4) is 5.75 Å². The molecule has 4 amide bonds. The third kappa shape index (κ3) is 8.45. The predicted molar refractivity (Wildman–Crippen MR) is 130 cm³/mol. The lowest BCUT2D eigenvalue weighted by Crippen LogP contribution is -2.58. The summed E-state index contributed by atoms with van der Waals surface area (Å²) in [4.78, 5) is 52.8. The highest BCUT2D eigenvalue weighted by atomic mass is 16.6. The van der Waals surface area contributed by atoms with Crippen LogP contribution in [0, 0.1) is 0 Å². The summed E-state index contributed by atoms with van der Waals surface area (Å²) in [6, 6.07) is 3.59. The van der Waals surface area contributed by atoms with Gasteiger partial charge >= 0.3 is 6.09 Å². The van der Waals surface area contributed by atoms with Crippen LogP contribution in [0.2, 0.25) is 0 Å². The van der Waals surface area contributed by atoms with Crippen LogP contribution < -0.4 is 16.4 Å². The van der Waals surface area contributed by atoms with Crippen LogP contribution in [0.4, 0.5) is 4.79 Å². The molecule has 2 atom stereocenters. The molecule has 2 rings (SSSR count). The Bertz CT molecular complexity index is 906. The largest absolute Gasteiger partial charge is 0.508 e. The SMILES string of the molecule is CC(C)NC(=O)C(c1ccc(O)cc1)N(C(=O)C(CCC(N)=O)NC(=O)OC(C)(C)C)C1CCC1. The first kappa shape index (κ1) is 27.9. The van der Waals surface area contributed by atoms with E-state index < -0.39 is 35.6 Å². The highest BCUT2D eigenvalue weighted by molar-refractivity contribution is 5.93. The normalized spacial score (nSPS) is 15.5. The average molecular weight is 491 g/mol. The van der Waals surface area contributed by atoms with Crippen LogP contribution >= 0.6 is 0 Å². The van der Waals surface area contributed by atoms with Crippen LogP contribution in [0.15, 0.2) is 24.3 Å². The van der Waals surface area contributed by atoms with Gasteiger partial charge in [-0.25, -0.2) is 4.79 Å². The number of benzene rings is 1. The minimum Gasteiger partial charge on any atom is -0.508 e. The van der Waals surface area contributed by atoms with Gasteiger partial charge < -0.3 is 31.1 Å². The second-order valence-electron chi connectivity index (χ2n) is 10.2. The van der Waals surface area contributed by atoms with E-state index in [4.69, 9.17) is 10.5 Å². The van der Waals surface area contributed by atoms with E-state index >= 15 is 0 Å². The molecule has 0 heterocycles. The number of phenols is 1. The highest BCUT2D eigenvalue weighted by Gasteiger charge is 2.42. The Morgan fingerprint density at radius 3 is 2.17 bits per heavy atom. The van der Waals surface area contributed by atoms with Crippen molar-refractivity contribution in [1.82, 2.24) is 15.5 Å². The number of hydrogen-bond acceptors (Lipinski definition) is 6. The maximum absolute atomic E-state index is 13.9. The standard InChI is InChI=1S/C25H38N4O6/c1-15(2)27-22(32)21(16-9-11-18(30)12-10-16)29(17-7-6-8-17)23(33)19(13-14-20(26)31)28-24(34)35-25(3,4)5/h9-12,15,17,19,21,30H,6-8,13-14H2,1-5H3,(H2,26,31)(H,27,32)(H,28,34). The number of nitrogens with zero attached hydrogens (tertiary/aromatic N) is 1. The van der Waals surface area contributed by atoms with Gasteiger partial charge in [-0.2, -0.15) is 0 Å². The van der Waals surface area contributed by atoms with Crippen molar-refractivity contribution in [3.05, 3.63) is 29.8 Å². The maximum atomic E-state index is 13.9. The number of nitrogens with two attached hydrogens (primary N) is 1. The molecule has 35 heavy (non-hydrogen) atoms. The van der Waals surface area contributed by atoms with E-state index in [2.05, 4.69) is 10.6 Å². The molecule has 1 fully saturated rings. The van der Waals surface area contributed by atoms with Crippen LogP contribution in [0.25, 0.3) is 0 Å². The zero-order valence-corrected chi connectivity index (χ0v) is 21.2. The zero-order chi connectivity index (χ0) is 26.3. The number of ether oxygens (including phenoxy) is 1. The molecular weight excluding hydrogens is 452 g/mol. The van der Waals surface area contributed by atoms with Crippen LogP contribution in [0.1, 0.15) is 78.3 Å². The first-order valence-corrected chi connectivity index (χ1v) is 12.0. The van der Waals surface area contributed by atoms with Crippen molar-refractivity contribution in [1.29, 1.82) is 0 Å². The van der Waals surface area contributed by atoms with Gasteiger partial charge in [0.25, 0.3) is 0 Å². The Morgan fingerprint density at radius 1 is 1.11 bits per heavy atom. The van der Waals surface area contributed by atoms with Crippen LogP contribution in [-0.2, 0) is 19.1 Å². The van der Waals surface area contributed by atoms with E-state index in [-0.39, 0.29) is 36.6 Å². The topological polar surface area (TPSA) is 151 Å². The Balaban J connectivity index is 2.46. The molecule has 0 spiro atoms. The van der Waals surface area contributed by atoms with Gasteiger partial charge in [-0.3, -0.25) is 14.4 Å². The molecule has 0 aliphatic heterocycles. The van der Waals surface area contributed by atoms with Gasteiger partial charge in [0.2, 0.25) is 17.7 Å². The number of primary amides is 1. The lowest BCUT2D eigenvalue weighted by molar-refractivity contribution is -0.147. The molecular formula is C25H38N4O6. The smallest absolute Gasteiger partial charge is 0.408 e. The number of alkyl carbamates (subject to hydrolysis) is 1. The molecule has 0 saturated heterocycles. The van der Waals surface area contributed by atoms with Crippen molar-refractivity contribution >= 4 is 23.8 Å². The molecule has 1 aliphatic rings. The number of nitrogens with one attached hydrogen (secondary N) is 2. The Kier molecular flexibility index (Phi) is 9.50. The fraction of sp³-hybridized carbons (Fsp3) is 0.600. The van der Waals surface area contributed by atoms with E-state index in [1.54, 1.807) is 32.9 Å². The summed E-state index contributed by atoms with van der Waals surface area (Å²) in [5, 5.41) is 15.2. The first-order valence-electron chi connectivity index (χ1n) is 12.0. The summed E-state index contributed by atoms with van der Waals surface area (Å²) in [6.07, 6.45) is 1.32. The summed E-state index contributed by atoms with van der Waals surface area (Å²) in [6.45, 7) is 8.74. The zero-order valence-electron chi connectivity index (χ0n) is 21.2. The van der Waals surface area contributed by atoms with Gasteiger partial charge in [-0.15, -0.1) is 0 Å². The monoisotopic (exact) mass is 490 g/mol. The highest BCUT2D eigenvalue weighted by Crippen LogP contribution is 2.34. The van der Waals surface area contributed by atoms with E-state index in [1.807, 2.05) is 13.8 Å². The number of amides is 4. The number of hydrogen-bond donors (Lipinski definition) is 4. The molecule has 1 aliphatic carbocycles. The Labute approximate surface area is 206 Å². The lowest BCUT2D eigenvalue weighted by Gasteiger charge is -2.43. The fourth-order valence-corrected chi connectivity index (χ4v) is 3.81. The van der Waals surface area contributed by atoms with Crippen LogP contribution in [-0.4, -0.2) is 57.5 Å². The quantitative estimate of drug-likeness (QED) is 0.396. The second-order valence-corrected chi connectivity index (χ2v) is 10.2. The number of carbonyl (C=O) groups excluding carboxylic acids is 4. The average Bonchev–Trinajstić information content (AvgIpc) is 2.68. The molecule has 10 nitrogen and oxygen atoms in total. The number of carbonyl (C=O) groups is 4. The number of aromatic hydroxyl groups is 1. The van der Waals surface area contributed by atoms with E-state index in [0.29, 0.717) is 18.4 Å². The van der Waals surface area contributed by atoms with Crippen molar-refractivity contribution in [3.63, 3.8) is 0 Å². The van der Waals surface area contributed by atoms with E-state index in [9.17, 15) is 24.3 Å². The van der Waals surface area contributed by atoms with Crippen molar-refractivity contribution < 1.29 is 29.0 Å². The van der Waals surface area contributed by atoms with Crippen LogP contribution in [0.3, 0.4) is 0 Å². The van der Waals surface area contributed by atoms with Gasteiger partial charge in [0, 0.05) is 18.5 Å². The van der Waals surface area contributed by atoms with Gasteiger partial charge in [-0.05, 0) is 78.0 Å². The number of phenolic OH excluding ortho intramolecular Hbond substituents is 1. The summed E-state index contributed by atoms with van der Waals surface area (Å²) in [5.41, 5.74) is 5.05. The Hall–Kier alpha value is -3.30. The van der Waals surface area contributed by atoms with Crippen molar-refractivity contribution in [2.45, 2.75) is 96.5 Å². The van der Waals surface area contributed by atoms with E-state index in [0.717, 1.165) is 6.42 Å². The van der Waals surface area contributed by atoms with Crippen molar-refractivity contribution in [2.75, 3.05) is 0 Å². The van der Waals surface area contributed by atoms with E-state index in [1.165, 1.54) is 17.0 Å². The van der Waals surface area contributed by atoms with Gasteiger partial charge in [-0.1, -0.05) is 12.1 Å². The van der Waals surface area contributed by atoms with Gasteiger partial charge in [0.1, 0.15) is 23.4 Å². The van der Waals surface area contributed by atoms with Gasteiger partial charge in [0.15, 0.2) is 0 Å². The molecule has 1 aromatic carbocycles. The minimum absolute atomic E-state index is 0.0317.